The van der Waals surface area contributed by atoms with Crippen molar-refractivity contribution < 1.29 is 9.59 Å². The minimum absolute atomic E-state index is 0.0161. The van der Waals surface area contributed by atoms with Gasteiger partial charge >= 0.3 is 0 Å². The Kier molecular flexibility index (Phi) is 4.69. The van der Waals surface area contributed by atoms with E-state index < -0.39 is 0 Å². The summed E-state index contributed by atoms with van der Waals surface area (Å²) in [5, 5.41) is 5.95. The molecule has 4 nitrogen and oxygen atoms in total. The molecule has 3 atom stereocenters. The van der Waals surface area contributed by atoms with Crippen LogP contribution in [0, 0.1) is 23.7 Å². The van der Waals surface area contributed by atoms with Crippen molar-refractivity contribution in [3.8, 4) is 0 Å². The first-order chi connectivity index (χ1) is 11.0. The Morgan fingerprint density at radius 1 is 1.13 bits per heavy atom. The highest BCUT2D eigenvalue weighted by atomic mass is 16.2. The van der Waals surface area contributed by atoms with Crippen molar-refractivity contribution in [2.75, 3.05) is 5.32 Å². The maximum Gasteiger partial charge on any atom is 0.226 e. The highest BCUT2D eigenvalue weighted by Crippen LogP contribution is 2.48. The highest BCUT2D eigenvalue weighted by molar-refractivity contribution is 5.92. The lowest BCUT2D eigenvalue weighted by molar-refractivity contribution is -0.126. The number of carbonyl (C=O) groups is 2. The number of fused-ring (bicyclic) bond motifs is 2. The SMILES string of the molecule is CC(C)C(=O)Nc1ccc(CNC(=O)C2CC3CCC2C3)cc1. The fourth-order valence-corrected chi connectivity index (χ4v) is 3.88. The summed E-state index contributed by atoms with van der Waals surface area (Å²) in [4.78, 5) is 24.0. The van der Waals surface area contributed by atoms with Crippen LogP contribution in [0.3, 0.4) is 0 Å². The Hall–Kier alpha value is -1.84. The Balaban J connectivity index is 1.49. The Morgan fingerprint density at radius 2 is 1.87 bits per heavy atom. The molecule has 2 bridgehead atoms. The first kappa shape index (κ1) is 16.0. The number of nitrogens with one attached hydrogen (secondary N) is 2. The summed E-state index contributed by atoms with van der Waals surface area (Å²) in [7, 11) is 0. The van der Waals surface area contributed by atoms with Gasteiger partial charge in [-0.1, -0.05) is 32.4 Å². The molecule has 0 aromatic heterocycles. The molecule has 4 heteroatoms. The van der Waals surface area contributed by atoms with E-state index in [2.05, 4.69) is 10.6 Å². The van der Waals surface area contributed by atoms with Gasteiger partial charge in [0.05, 0.1) is 0 Å². The normalized spacial score (nSPS) is 25.6. The first-order valence-electron chi connectivity index (χ1n) is 8.70. The minimum Gasteiger partial charge on any atom is -0.352 e. The number of amides is 2. The third kappa shape index (κ3) is 3.74. The number of carbonyl (C=O) groups excluding carboxylic acids is 2. The van der Waals surface area contributed by atoms with Gasteiger partial charge in [0.1, 0.15) is 0 Å². The van der Waals surface area contributed by atoms with Crippen molar-refractivity contribution in [1.82, 2.24) is 5.32 Å². The summed E-state index contributed by atoms with van der Waals surface area (Å²) in [6, 6.07) is 7.69. The van der Waals surface area contributed by atoms with Crippen molar-refractivity contribution in [3.63, 3.8) is 0 Å². The largest absolute Gasteiger partial charge is 0.352 e. The summed E-state index contributed by atoms with van der Waals surface area (Å²) in [6.07, 6.45) is 4.88. The first-order valence-corrected chi connectivity index (χ1v) is 8.70. The van der Waals surface area contributed by atoms with Gasteiger partial charge in [0.15, 0.2) is 0 Å². The molecule has 2 aliphatic rings. The van der Waals surface area contributed by atoms with Crippen LogP contribution in [0.2, 0.25) is 0 Å². The van der Waals surface area contributed by atoms with Gasteiger partial charge in [0.2, 0.25) is 11.8 Å². The molecular weight excluding hydrogens is 288 g/mol. The zero-order valence-corrected chi connectivity index (χ0v) is 14.0. The van der Waals surface area contributed by atoms with Crippen molar-refractivity contribution in [3.05, 3.63) is 29.8 Å². The van der Waals surface area contributed by atoms with E-state index in [9.17, 15) is 9.59 Å². The van der Waals surface area contributed by atoms with Gasteiger partial charge in [-0.05, 0) is 48.8 Å². The molecule has 0 heterocycles. The predicted molar refractivity (Wildman–Crippen MR) is 90.7 cm³/mol. The zero-order chi connectivity index (χ0) is 16.4. The average Bonchev–Trinajstić information content (AvgIpc) is 3.17. The molecule has 0 saturated heterocycles. The van der Waals surface area contributed by atoms with Crippen LogP contribution in [-0.4, -0.2) is 11.8 Å². The third-order valence-electron chi connectivity index (χ3n) is 5.29. The quantitative estimate of drug-likeness (QED) is 0.876. The van der Waals surface area contributed by atoms with Crippen LogP contribution in [0.25, 0.3) is 0 Å². The van der Waals surface area contributed by atoms with Gasteiger partial charge in [-0.3, -0.25) is 9.59 Å². The second-order valence-corrected chi connectivity index (χ2v) is 7.34. The third-order valence-corrected chi connectivity index (χ3v) is 5.29. The standard InChI is InChI=1S/C19H26N2O2/c1-12(2)18(22)21-16-7-4-13(5-8-16)11-20-19(23)17-10-14-3-6-15(17)9-14/h4-5,7-8,12,14-15,17H,3,6,9-11H2,1-2H3,(H,20,23)(H,21,22). The van der Waals surface area contributed by atoms with Crippen molar-refractivity contribution in [2.24, 2.45) is 23.7 Å². The van der Waals surface area contributed by atoms with E-state index in [-0.39, 0.29) is 23.7 Å². The second-order valence-electron chi connectivity index (χ2n) is 7.34. The molecular formula is C19H26N2O2. The van der Waals surface area contributed by atoms with E-state index in [1.807, 2.05) is 38.1 Å². The summed E-state index contributed by atoms with van der Waals surface area (Å²) < 4.78 is 0. The van der Waals surface area contributed by atoms with Gasteiger partial charge in [0.25, 0.3) is 0 Å². The molecule has 2 fully saturated rings. The van der Waals surface area contributed by atoms with E-state index in [0.717, 1.165) is 23.6 Å². The fourth-order valence-electron chi connectivity index (χ4n) is 3.88. The van der Waals surface area contributed by atoms with Gasteiger partial charge in [0, 0.05) is 24.1 Å². The summed E-state index contributed by atoms with van der Waals surface area (Å²) >= 11 is 0. The van der Waals surface area contributed by atoms with Gasteiger partial charge in [-0.2, -0.15) is 0 Å². The molecule has 3 unspecified atom stereocenters. The fraction of sp³-hybridized carbons (Fsp3) is 0.579. The van der Waals surface area contributed by atoms with Crippen LogP contribution >= 0.6 is 0 Å². The second kappa shape index (κ2) is 6.73. The number of hydrogen-bond acceptors (Lipinski definition) is 2. The zero-order valence-electron chi connectivity index (χ0n) is 14.0. The number of rotatable bonds is 5. The lowest BCUT2D eigenvalue weighted by atomic mass is 9.88. The molecule has 2 N–H and O–H groups in total. The summed E-state index contributed by atoms with van der Waals surface area (Å²) in [5.74, 6) is 1.85. The molecule has 2 saturated carbocycles. The Labute approximate surface area is 138 Å². The molecule has 3 rings (SSSR count). The van der Waals surface area contributed by atoms with Gasteiger partial charge in [-0.25, -0.2) is 0 Å². The number of benzene rings is 1. The lowest BCUT2D eigenvalue weighted by Crippen LogP contribution is -2.33. The lowest BCUT2D eigenvalue weighted by Gasteiger charge is -2.20. The topological polar surface area (TPSA) is 58.2 Å². The van der Waals surface area contributed by atoms with Crippen LogP contribution < -0.4 is 10.6 Å². The summed E-state index contributed by atoms with van der Waals surface area (Å²) in [6.45, 7) is 4.30. The molecule has 1 aromatic rings. The minimum atomic E-state index is -0.0318. The molecule has 124 valence electrons. The van der Waals surface area contributed by atoms with Crippen molar-refractivity contribution in [2.45, 2.75) is 46.1 Å². The highest BCUT2D eigenvalue weighted by Gasteiger charge is 2.42. The maximum atomic E-state index is 12.3. The van der Waals surface area contributed by atoms with Crippen LogP contribution in [0.5, 0.6) is 0 Å². The number of hydrogen-bond donors (Lipinski definition) is 2. The van der Waals surface area contributed by atoms with E-state index >= 15 is 0 Å². The molecule has 0 spiro atoms. The van der Waals surface area contributed by atoms with E-state index in [1.54, 1.807) is 0 Å². The van der Waals surface area contributed by atoms with E-state index in [1.165, 1.54) is 19.3 Å². The van der Waals surface area contributed by atoms with E-state index in [4.69, 9.17) is 0 Å². The van der Waals surface area contributed by atoms with Crippen molar-refractivity contribution in [1.29, 1.82) is 0 Å². The van der Waals surface area contributed by atoms with Gasteiger partial charge in [-0.15, -0.1) is 0 Å². The predicted octanol–water partition coefficient (Wildman–Crippen LogP) is 3.33. The van der Waals surface area contributed by atoms with Crippen molar-refractivity contribution >= 4 is 17.5 Å². The molecule has 2 aliphatic carbocycles. The molecule has 1 aromatic carbocycles. The Morgan fingerprint density at radius 3 is 2.43 bits per heavy atom. The monoisotopic (exact) mass is 314 g/mol. The van der Waals surface area contributed by atoms with E-state index in [0.29, 0.717) is 12.5 Å². The molecule has 0 radical (unpaired) electrons. The number of anilines is 1. The van der Waals surface area contributed by atoms with Crippen LogP contribution in [0.1, 0.15) is 45.1 Å². The maximum absolute atomic E-state index is 12.3. The van der Waals surface area contributed by atoms with Crippen LogP contribution in [0.4, 0.5) is 5.69 Å². The smallest absolute Gasteiger partial charge is 0.226 e. The Bertz CT molecular complexity index is 580. The van der Waals surface area contributed by atoms with Gasteiger partial charge < -0.3 is 10.6 Å². The van der Waals surface area contributed by atoms with Crippen LogP contribution in [-0.2, 0) is 16.1 Å². The average molecular weight is 314 g/mol. The van der Waals surface area contributed by atoms with Crippen LogP contribution in [0.15, 0.2) is 24.3 Å². The molecule has 0 aliphatic heterocycles. The molecule has 2 amide bonds. The molecule has 23 heavy (non-hydrogen) atoms. The summed E-state index contributed by atoms with van der Waals surface area (Å²) in [5.41, 5.74) is 1.86.